The van der Waals surface area contributed by atoms with Gasteiger partial charge in [-0.05, 0) is 69.0 Å². The Morgan fingerprint density at radius 3 is 2.12 bits per heavy atom. The second-order valence-corrected chi connectivity index (χ2v) is 10.7. The molecule has 1 atom stereocenters. The number of hydrogen-bond donors (Lipinski definition) is 1. The molecule has 10 heteroatoms. The Hall–Kier alpha value is -3.08. The zero-order valence-electron chi connectivity index (χ0n) is 19.5. The first kappa shape index (κ1) is 25.5. The summed E-state index contributed by atoms with van der Waals surface area (Å²) in [5.41, 5.74) is 0.555. The lowest BCUT2D eigenvalue weighted by molar-refractivity contribution is -0.139. The van der Waals surface area contributed by atoms with Crippen molar-refractivity contribution in [2.75, 3.05) is 41.3 Å². The van der Waals surface area contributed by atoms with Crippen molar-refractivity contribution in [3.05, 3.63) is 71.0 Å². The van der Waals surface area contributed by atoms with Crippen LogP contribution in [0.25, 0.3) is 5.76 Å². The van der Waals surface area contributed by atoms with Gasteiger partial charge in [0, 0.05) is 26.2 Å². The van der Waals surface area contributed by atoms with Gasteiger partial charge in [-0.15, -0.1) is 0 Å². The van der Waals surface area contributed by atoms with Gasteiger partial charge in [0.05, 0.1) is 16.5 Å². The number of sulfonamides is 1. The lowest BCUT2D eigenvalue weighted by Crippen LogP contribution is -2.32. The Morgan fingerprint density at radius 1 is 1.00 bits per heavy atom. The third-order valence-electron chi connectivity index (χ3n) is 5.64. The zero-order valence-corrected chi connectivity index (χ0v) is 20.3. The number of likely N-dealkylation sites (tertiary alicyclic amines) is 1. The van der Waals surface area contributed by atoms with Crippen molar-refractivity contribution in [3.8, 4) is 0 Å². The molecule has 8 nitrogen and oxygen atoms in total. The molecule has 182 valence electrons. The highest BCUT2D eigenvalue weighted by atomic mass is 32.2. The fraction of sp³-hybridized carbons (Fsp3) is 0.333. The second-order valence-electron chi connectivity index (χ2n) is 8.51. The molecule has 0 radical (unpaired) electrons. The smallest absolute Gasteiger partial charge is 0.295 e. The van der Waals surface area contributed by atoms with Gasteiger partial charge in [-0.25, -0.2) is 17.1 Å². The fourth-order valence-corrected chi connectivity index (χ4v) is 4.71. The number of amides is 1. The lowest BCUT2D eigenvalue weighted by atomic mass is 9.95. The molecular weight excluding hydrogens is 461 g/mol. The molecule has 3 rings (SSSR count). The molecule has 1 heterocycles. The van der Waals surface area contributed by atoms with Crippen molar-refractivity contribution < 1.29 is 27.5 Å². The summed E-state index contributed by atoms with van der Waals surface area (Å²) in [6.07, 6.45) is 0.592. The Labute approximate surface area is 198 Å². The van der Waals surface area contributed by atoms with Crippen LogP contribution in [0.5, 0.6) is 0 Å². The summed E-state index contributed by atoms with van der Waals surface area (Å²) in [5.74, 6) is -2.48. The molecule has 1 saturated heterocycles. The summed E-state index contributed by atoms with van der Waals surface area (Å²) in [6, 6.07) is 9.93. The van der Waals surface area contributed by atoms with Crippen molar-refractivity contribution in [2.45, 2.75) is 17.4 Å². The number of Topliss-reactive ketones (excluding diaryl/α,β-unsaturated/α-hetero) is 1. The maximum atomic E-state index is 13.6. The van der Waals surface area contributed by atoms with Gasteiger partial charge in [-0.2, -0.15) is 0 Å². The van der Waals surface area contributed by atoms with E-state index in [-0.39, 0.29) is 22.6 Å². The predicted octanol–water partition coefficient (Wildman–Crippen LogP) is 2.45. The zero-order chi connectivity index (χ0) is 25.2. The van der Waals surface area contributed by atoms with Gasteiger partial charge in [-0.3, -0.25) is 9.59 Å². The van der Waals surface area contributed by atoms with Gasteiger partial charge in [-0.1, -0.05) is 12.1 Å². The molecule has 0 aliphatic carbocycles. The average molecular weight is 490 g/mol. The van der Waals surface area contributed by atoms with E-state index >= 15 is 0 Å². The van der Waals surface area contributed by atoms with Crippen LogP contribution in [0, 0.1) is 5.82 Å². The molecule has 0 unspecified atom stereocenters. The molecular formula is C24H28FN3O5S. The van der Waals surface area contributed by atoms with Crippen LogP contribution in [-0.4, -0.2) is 80.6 Å². The first-order valence-corrected chi connectivity index (χ1v) is 12.1. The van der Waals surface area contributed by atoms with E-state index in [9.17, 15) is 27.5 Å². The Bertz CT molecular complexity index is 1210. The van der Waals surface area contributed by atoms with Crippen LogP contribution in [0.4, 0.5) is 4.39 Å². The SMILES string of the molecule is CN(C)CCCN1C(=O)C(=O)/C(=C(/O)c2ccc(S(=O)(=O)N(C)C)cc2)[C@H]1c1ccc(F)cc1. The van der Waals surface area contributed by atoms with E-state index in [1.165, 1.54) is 67.5 Å². The third-order valence-corrected chi connectivity index (χ3v) is 7.47. The summed E-state index contributed by atoms with van der Waals surface area (Å²) in [5, 5.41) is 11.1. The van der Waals surface area contributed by atoms with E-state index in [2.05, 4.69) is 0 Å². The summed E-state index contributed by atoms with van der Waals surface area (Å²) < 4.78 is 39.3. The number of hydrogen-bond acceptors (Lipinski definition) is 6. The summed E-state index contributed by atoms with van der Waals surface area (Å²) in [7, 11) is 2.93. The number of rotatable bonds is 8. The average Bonchev–Trinajstić information content (AvgIpc) is 3.04. The predicted molar refractivity (Wildman–Crippen MR) is 126 cm³/mol. The quantitative estimate of drug-likeness (QED) is 0.348. The van der Waals surface area contributed by atoms with Crippen molar-refractivity contribution in [1.29, 1.82) is 0 Å². The van der Waals surface area contributed by atoms with Gasteiger partial charge < -0.3 is 14.9 Å². The van der Waals surface area contributed by atoms with Crippen LogP contribution < -0.4 is 0 Å². The first-order valence-electron chi connectivity index (χ1n) is 10.7. The summed E-state index contributed by atoms with van der Waals surface area (Å²) in [4.78, 5) is 29.3. The van der Waals surface area contributed by atoms with Gasteiger partial charge in [0.2, 0.25) is 10.0 Å². The number of ketones is 1. The monoisotopic (exact) mass is 489 g/mol. The highest BCUT2D eigenvalue weighted by Gasteiger charge is 2.45. The van der Waals surface area contributed by atoms with Crippen molar-refractivity contribution >= 4 is 27.5 Å². The lowest BCUT2D eigenvalue weighted by Gasteiger charge is -2.26. The number of aliphatic hydroxyl groups is 1. The number of nitrogens with zero attached hydrogens (tertiary/aromatic N) is 3. The van der Waals surface area contributed by atoms with E-state index in [1.807, 2.05) is 19.0 Å². The highest BCUT2D eigenvalue weighted by Crippen LogP contribution is 2.39. The maximum Gasteiger partial charge on any atom is 0.295 e. The number of carbonyl (C=O) groups excluding carboxylic acids is 2. The van der Waals surface area contributed by atoms with Crippen LogP contribution in [0.15, 0.2) is 59.0 Å². The van der Waals surface area contributed by atoms with Crippen LogP contribution >= 0.6 is 0 Å². The van der Waals surface area contributed by atoms with Crippen molar-refractivity contribution in [3.63, 3.8) is 0 Å². The normalized spacial score (nSPS) is 18.3. The van der Waals surface area contributed by atoms with Gasteiger partial charge in [0.1, 0.15) is 11.6 Å². The summed E-state index contributed by atoms with van der Waals surface area (Å²) in [6.45, 7) is 0.947. The molecule has 2 aromatic carbocycles. The molecule has 0 spiro atoms. The Balaban J connectivity index is 2.08. The number of halogens is 1. The molecule has 34 heavy (non-hydrogen) atoms. The van der Waals surface area contributed by atoms with Crippen LogP contribution in [0.2, 0.25) is 0 Å². The van der Waals surface area contributed by atoms with E-state index in [0.29, 0.717) is 18.5 Å². The first-order chi connectivity index (χ1) is 15.9. The molecule has 0 saturated carbocycles. The van der Waals surface area contributed by atoms with E-state index in [4.69, 9.17) is 0 Å². The minimum Gasteiger partial charge on any atom is -0.507 e. The maximum absolute atomic E-state index is 13.6. The molecule has 0 aromatic heterocycles. The molecule has 0 bridgehead atoms. The third kappa shape index (κ3) is 5.03. The minimum absolute atomic E-state index is 0.0215. The molecule has 1 N–H and O–H groups in total. The molecule has 1 fully saturated rings. The van der Waals surface area contributed by atoms with Gasteiger partial charge in [0.15, 0.2) is 0 Å². The van der Waals surface area contributed by atoms with E-state index < -0.39 is 39.3 Å². The largest absolute Gasteiger partial charge is 0.507 e. The van der Waals surface area contributed by atoms with Crippen LogP contribution in [0.3, 0.4) is 0 Å². The molecule has 1 amide bonds. The molecule has 2 aromatic rings. The topological polar surface area (TPSA) is 98.2 Å². The van der Waals surface area contributed by atoms with Crippen LogP contribution in [-0.2, 0) is 19.6 Å². The summed E-state index contributed by atoms with van der Waals surface area (Å²) >= 11 is 0. The highest BCUT2D eigenvalue weighted by molar-refractivity contribution is 7.89. The molecule has 1 aliphatic rings. The fourth-order valence-electron chi connectivity index (χ4n) is 3.81. The number of benzene rings is 2. The number of aliphatic hydroxyl groups excluding tert-OH is 1. The van der Waals surface area contributed by atoms with Crippen molar-refractivity contribution in [1.82, 2.24) is 14.1 Å². The Morgan fingerprint density at radius 2 is 1.59 bits per heavy atom. The van der Waals surface area contributed by atoms with Crippen LogP contribution in [0.1, 0.15) is 23.6 Å². The van der Waals surface area contributed by atoms with E-state index in [0.717, 1.165) is 4.31 Å². The van der Waals surface area contributed by atoms with Gasteiger partial charge >= 0.3 is 0 Å². The second kappa shape index (κ2) is 10.0. The standard InChI is InChI=1S/C24H28FN3O5S/c1-26(2)14-5-15-28-21(16-6-10-18(25)11-7-16)20(23(30)24(28)31)22(29)17-8-12-19(13-9-17)34(32,33)27(3)4/h6-13,21,29H,5,14-15H2,1-4H3/b22-20+/t21-/m1/s1. The molecule has 1 aliphatic heterocycles. The van der Waals surface area contributed by atoms with Crippen molar-refractivity contribution in [2.24, 2.45) is 0 Å². The Kier molecular flexibility index (Phi) is 7.54. The van der Waals surface area contributed by atoms with E-state index in [1.54, 1.807) is 0 Å². The van der Waals surface area contributed by atoms with Gasteiger partial charge in [0.25, 0.3) is 11.7 Å². The minimum atomic E-state index is -3.68. The number of carbonyl (C=O) groups is 2.